The molecule has 0 radical (unpaired) electrons. The van der Waals surface area contributed by atoms with E-state index in [4.69, 9.17) is 4.74 Å². The van der Waals surface area contributed by atoms with Crippen LogP contribution in [0.5, 0.6) is 5.75 Å². The van der Waals surface area contributed by atoms with E-state index in [9.17, 15) is 15.2 Å². The summed E-state index contributed by atoms with van der Waals surface area (Å²) >= 11 is 0. The average molecular weight is 599 g/mol. The molecule has 7 nitrogen and oxygen atoms in total. The first kappa shape index (κ1) is 30.9. The molecule has 6 rings (SSSR count). The van der Waals surface area contributed by atoms with Crippen LogP contribution in [0.2, 0.25) is 0 Å². The summed E-state index contributed by atoms with van der Waals surface area (Å²) in [6.07, 6.45) is 6.78. The molecule has 2 heterocycles. The summed E-state index contributed by atoms with van der Waals surface area (Å²) in [5.74, 6) is 0.756. The number of anilines is 1. The second-order valence-electron chi connectivity index (χ2n) is 15.4. The highest BCUT2D eigenvalue weighted by Gasteiger charge is 2.64. The number of rotatable bonds is 6. The SMILES string of the molecule is Cc1c(C#N)ccc(OC2C(C)(C)C(NC(=O)c3ccc(N4CC5(CCC(N6CCC(O)CC6)CC5)C4)cc3)C2(C)C)c1C. The molecule has 1 spiro atoms. The lowest BCUT2D eigenvalue weighted by atomic mass is 9.49. The zero-order chi connectivity index (χ0) is 31.4. The molecule has 4 aliphatic rings. The number of nitrogens with zero attached hydrogens (tertiary/aromatic N) is 3. The van der Waals surface area contributed by atoms with E-state index in [0.717, 1.165) is 55.9 Å². The lowest BCUT2D eigenvalue weighted by Gasteiger charge is -2.63. The maximum absolute atomic E-state index is 13.4. The zero-order valence-electron chi connectivity index (χ0n) is 27.4. The number of hydrogen-bond donors (Lipinski definition) is 2. The molecule has 236 valence electrons. The van der Waals surface area contributed by atoms with Crippen LogP contribution in [-0.4, -0.2) is 66.4 Å². The van der Waals surface area contributed by atoms with Crippen molar-refractivity contribution in [2.24, 2.45) is 16.2 Å². The highest BCUT2D eigenvalue weighted by molar-refractivity contribution is 5.95. The summed E-state index contributed by atoms with van der Waals surface area (Å²) in [7, 11) is 0. The monoisotopic (exact) mass is 598 g/mol. The summed E-state index contributed by atoms with van der Waals surface area (Å²) < 4.78 is 6.58. The molecule has 2 aliphatic heterocycles. The van der Waals surface area contributed by atoms with E-state index in [1.165, 1.54) is 31.4 Å². The molecule has 2 saturated carbocycles. The van der Waals surface area contributed by atoms with E-state index in [-0.39, 0.29) is 35.0 Å². The lowest BCUT2D eigenvalue weighted by Crippen LogP contribution is -2.74. The molecule has 2 saturated heterocycles. The third-order valence-corrected chi connectivity index (χ3v) is 11.8. The Kier molecular flexibility index (Phi) is 7.99. The van der Waals surface area contributed by atoms with Gasteiger partial charge in [-0.05, 0) is 99.9 Å². The smallest absolute Gasteiger partial charge is 0.251 e. The Labute approximate surface area is 263 Å². The number of nitriles is 1. The molecule has 2 aromatic carbocycles. The topological polar surface area (TPSA) is 88.8 Å². The molecule has 0 unspecified atom stereocenters. The summed E-state index contributed by atoms with van der Waals surface area (Å²) in [6.45, 7) is 16.9. The molecular formula is C37H50N4O3. The lowest BCUT2D eigenvalue weighted by molar-refractivity contribution is -0.164. The fourth-order valence-corrected chi connectivity index (χ4v) is 9.10. The zero-order valence-corrected chi connectivity index (χ0v) is 27.4. The van der Waals surface area contributed by atoms with Crippen molar-refractivity contribution >= 4 is 11.6 Å². The first-order valence-corrected chi connectivity index (χ1v) is 16.6. The molecule has 2 aromatic rings. The maximum atomic E-state index is 13.4. The Balaban J connectivity index is 1.02. The van der Waals surface area contributed by atoms with Gasteiger partial charge in [0.1, 0.15) is 11.9 Å². The number of piperidine rings is 1. The molecule has 0 bridgehead atoms. The number of amides is 1. The Bertz CT molecular complexity index is 1400. The van der Waals surface area contributed by atoms with Crippen LogP contribution in [0, 0.1) is 41.4 Å². The van der Waals surface area contributed by atoms with E-state index < -0.39 is 0 Å². The van der Waals surface area contributed by atoms with Gasteiger partial charge in [0.05, 0.1) is 17.7 Å². The van der Waals surface area contributed by atoms with Crippen LogP contribution in [-0.2, 0) is 0 Å². The van der Waals surface area contributed by atoms with Crippen molar-refractivity contribution in [3.8, 4) is 11.8 Å². The van der Waals surface area contributed by atoms with Gasteiger partial charge in [0.15, 0.2) is 0 Å². The van der Waals surface area contributed by atoms with Gasteiger partial charge in [-0.3, -0.25) is 4.79 Å². The van der Waals surface area contributed by atoms with E-state index in [1.54, 1.807) is 0 Å². The van der Waals surface area contributed by atoms with Gasteiger partial charge >= 0.3 is 0 Å². The number of likely N-dealkylation sites (tertiary alicyclic amines) is 1. The number of nitrogens with one attached hydrogen (secondary N) is 1. The van der Waals surface area contributed by atoms with Gasteiger partial charge in [0.2, 0.25) is 0 Å². The van der Waals surface area contributed by atoms with Crippen molar-refractivity contribution in [2.75, 3.05) is 31.1 Å². The van der Waals surface area contributed by atoms with Crippen molar-refractivity contribution in [1.29, 1.82) is 5.26 Å². The van der Waals surface area contributed by atoms with E-state index in [0.29, 0.717) is 22.6 Å². The summed E-state index contributed by atoms with van der Waals surface area (Å²) in [5.41, 5.74) is 4.39. The standard InChI is InChI=1S/C37H50N4O3/c1-24-25(2)31(12-9-27(24)21-38)44-34-35(3,4)33(36(34,5)6)39-32(43)26-7-10-28(11-8-26)41-22-37(23-41)17-13-29(14-18-37)40-19-15-30(42)16-20-40/h7-12,29-30,33-34,42H,13-20,22-23H2,1-6H3,(H,39,43). The third kappa shape index (κ3) is 5.39. The minimum absolute atomic E-state index is 0.0461. The number of ether oxygens (including phenoxy) is 1. The largest absolute Gasteiger partial charge is 0.489 e. The molecule has 1 amide bonds. The van der Waals surface area contributed by atoms with Gasteiger partial charge in [-0.1, -0.05) is 27.7 Å². The molecule has 0 aromatic heterocycles. The highest BCUT2D eigenvalue weighted by atomic mass is 16.5. The van der Waals surface area contributed by atoms with Crippen molar-refractivity contribution < 1.29 is 14.6 Å². The van der Waals surface area contributed by atoms with E-state index in [2.05, 4.69) is 61.0 Å². The number of hydrogen-bond acceptors (Lipinski definition) is 6. The molecule has 4 fully saturated rings. The molecule has 2 N–H and O–H groups in total. The quantitative estimate of drug-likeness (QED) is 0.425. The number of carbonyl (C=O) groups is 1. The van der Waals surface area contributed by atoms with Gasteiger partial charge in [-0.15, -0.1) is 0 Å². The van der Waals surface area contributed by atoms with Crippen LogP contribution in [0.1, 0.15) is 93.3 Å². The van der Waals surface area contributed by atoms with Crippen LogP contribution in [0.4, 0.5) is 5.69 Å². The minimum atomic E-state index is -0.270. The average Bonchev–Trinajstić information content (AvgIpc) is 2.99. The summed E-state index contributed by atoms with van der Waals surface area (Å²) in [5, 5.41) is 22.6. The minimum Gasteiger partial charge on any atom is -0.489 e. The number of carbonyl (C=O) groups excluding carboxylic acids is 1. The van der Waals surface area contributed by atoms with Crippen LogP contribution in [0.25, 0.3) is 0 Å². The molecular weight excluding hydrogens is 548 g/mol. The molecule has 7 heteroatoms. The summed E-state index contributed by atoms with van der Waals surface area (Å²) in [4.78, 5) is 18.5. The van der Waals surface area contributed by atoms with Crippen molar-refractivity contribution in [1.82, 2.24) is 10.2 Å². The summed E-state index contributed by atoms with van der Waals surface area (Å²) in [6, 6.07) is 14.8. The maximum Gasteiger partial charge on any atom is 0.251 e. The second-order valence-corrected chi connectivity index (χ2v) is 15.4. The van der Waals surface area contributed by atoms with Crippen LogP contribution in [0.15, 0.2) is 36.4 Å². The van der Waals surface area contributed by atoms with Crippen molar-refractivity contribution in [2.45, 2.75) is 104 Å². The first-order chi connectivity index (χ1) is 20.8. The van der Waals surface area contributed by atoms with Crippen LogP contribution >= 0.6 is 0 Å². The van der Waals surface area contributed by atoms with Crippen molar-refractivity contribution in [3.05, 3.63) is 58.7 Å². The molecule has 44 heavy (non-hydrogen) atoms. The Morgan fingerprint density at radius 1 is 0.932 bits per heavy atom. The predicted octanol–water partition coefficient (Wildman–Crippen LogP) is 5.99. The molecule has 2 aliphatic carbocycles. The second kappa shape index (κ2) is 11.4. The molecule has 0 atom stereocenters. The number of aliphatic hydroxyl groups excluding tert-OH is 1. The highest BCUT2D eigenvalue weighted by Crippen LogP contribution is 2.56. The normalized spacial score (nSPS) is 26.4. The Morgan fingerprint density at radius 2 is 1.55 bits per heavy atom. The van der Waals surface area contributed by atoms with Gasteiger partial charge in [0, 0.05) is 65.8 Å². The van der Waals surface area contributed by atoms with Crippen LogP contribution < -0.4 is 15.0 Å². The fourth-order valence-electron chi connectivity index (χ4n) is 9.10. The van der Waals surface area contributed by atoms with Crippen LogP contribution in [0.3, 0.4) is 0 Å². The van der Waals surface area contributed by atoms with Gasteiger partial charge in [0.25, 0.3) is 5.91 Å². The van der Waals surface area contributed by atoms with Crippen molar-refractivity contribution in [3.63, 3.8) is 0 Å². The Hall–Kier alpha value is -3.08. The Morgan fingerprint density at radius 3 is 2.14 bits per heavy atom. The third-order valence-electron chi connectivity index (χ3n) is 11.8. The number of aliphatic hydroxyl groups is 1. The predicted molar refractivity (Wildman–Crippen MR) is 174 cm³/mol. The van der Waals surface area contributed by atoms with E-state index >= 15 is 0 Å². The van der Waals surface area contributed by atoms with E-state index in [1.807, 2.05) is 38.1 Å². The fraction of sp³-hybridized carbons (Fsp3) is 0.622. The number of benzene rings is 2. The van der Waals surface area contributed by atoms with Gasteiger partial charge in [-0.25, -0.2) is 0 Å². The van der Waals surface area contributed by atoms with Gasteiger partial charge in [-0.2, -0.15) is 5.26 Å². The first-order valence-electron chi connectivity index (χ1n) is 16.6. The van der Waals surface area contributed by atoms with Gasteiger partial charge < -0.3 is 25.0 Å².